The molecule has 0 aliphatic heterocycles. The average molecular weight is 483 g/mol. The van der Waals surface area contributed by atoms with Gasteiger partial charge in [-0.05, 0) is 53.9 Å². The lowest BCUT2D eigenvalue weighted by molar-refractivity contribution is -0.163. The molecule has 2 unspecified atom stereocenters. The number of hydrogen-bond donors (Lipinski definition) is 3. The first kappa shape index (κ1) is 24.7. The molecule has 35 heavy (non-hydrogen) atoms. The second-order valence-corrected chi connectivity index (χ2v) is 8.84. The molecule has 9 nitrogen and oxygen atoms in total. The molecule has 2 aliphatic rings. The summed E-state index contributed by atoms with van der Waals surface area (Å²) >= 11 is 0. The topological polar surface area (TPSA) is 123 Å². The number of fused-ring (bicyclic) bond motifs is 3. The molecule has 0 spiro atoms. The lowest BCUT2D eigenvalue weighted by Gasteiger charge is -2.20. The fourth-order valence-electron chi connectivity index (χ4n) is 4.42. The van der Waals surface area contributed by atoms with Crippen molar-refractivity contribution in [3.63, 3.8) is 0 Å². The van der Waals surface area contributed by atoms with Gasteiger partial charge in [0.05, 0.1) is 0 Å². The van der Waals surface area contributed by atoms with Gasteiger partial charge < -0.3 is 19.9 Å². The van der Waals surface area contributed by atoms with Gasteiger partial charge in [-0.15, -0.1) is 0 Å². The highest BCUT2D eigenvalue weighted by atomic mass is 16.7. The van der Waals surface area contributed by atoms with Gasteiger partial charge in [0.2, 0.25) is 0 Å². The highest BCUT2D eigenvalue weighted by molar-refractivity contribution is 5.85. The number of carbonyl (C=O) groups excluding carboxylic acids is 2. The van der Waals surface area contributed by atoms with Gasteiger partial charge in [0.1, 0.15) is 12.6 Å². The molecule has 0 bridgehead atoms. The Hall–Kier alpha value is -3.43. The molecule has 9 heteroatoms. The zero-order chi connectivity index (χ0) is 24.8. The minimum atomic E-state index is -1.13. The second-order valence-electron chi connectivity index (χ2n) is 8.84. The van der Waals surface area contributed by atoms with E-state index in [-0.39, 0.29) is 24.9 Å². The maximum Gasteiger partial charge on any atom is 0.407 e. The minimum Gasteiger partial charge on any atom is -0.479 e. The fourth-order valence-corrected chi connectivity index (χ4v) is 4.42. The zero-order valence-electron chi connectivity index (χ0n) is 19.6. The molecule has 2 aromatic rings. The van der Waals surface area contributed by atoms with Gasteiger partial charge in [0.15, 0.2) is 6.10 Å². The maximum atomic E-state index is 12.7. The highest BCUT2D eigenvalue weighted by Gasteiger charge is 2.38. The summed E-state index contributed by atoms with van der Waals surface area (Å²) < 4.78 is 10.6. The third-order valence-corrected chi connectivity index (χ3v) is 6.37. The Morgan fingerprint density at radius 2 is 1.66 bits per heavy atom. The molecule has 0 saturated heterocycles. The van der Waals surface area contributed by atoms with Crippen LogP contribution in [-0.2, 0) is 23.9 Å². The van der Waals surface area contributed by atoms with E-state index in [1.54, 1.807) is 7.11 Å². The number of hydroxylamine groups is 1. The van der Waals surface area contributed by atoms with E-state index in [0.717, 1.165) is 35.1 Å². The average Bonchev–Trinajstić information content (AvgIpc) is 3.64. The van der Waals surface area contributed by atoms with Gasteiger partial charge in [0.25, 0.3) is 5.91 Å². The zero-order valence-corrected chi connectivity index (χ0v) is 19.6. The minimum absolute atomic E-state index is 0.105. The van der Waals surface area contributed by atoms with Gasteiger partial charge >= 0.3 is 12.1 Å². The summed E-state index contributed by atoms with van der Waals surface area (Å²) in [5, 5.41) is 11.9. The van der Waals surface area contributed by atoms with Crippen LogP contribution < -0.4 is 10.8 Å². The molecule has 2 aromatic carbocycles. The standard InChI is InChI=1S/C26H30N2O7/c1-33-14-6-11-22(24(29)28-35-23(25(30)31)16-12-13-16)27-26(32)34-15-21-19-9-4-2-7-17(19)18-8-3-5-10-20(18)21/h2-5,7-10,16,21-23H,6,11-15H2,1H3,(H,27,32)(H,28,29)(H,30,31). The maximum absolute atomic E-state index is 12.7. The first-order chi connectivity index (χ1) is 17.0. The molecular weight excluding hydrogens is 452 g/mol. The van der Waals surface area contributed by atoms with Gasteiger partial charge in [-0.3, -0.25) is 9.63 Å². The first-order valence-electron chi connectivity index (χ1n) is 11.8. The predicted octanol–water partition coefficient (Wildman–Crippen LogP) is 3.23. The molecule has 0 radical (unpaired) electrons. The van der Waals surface area contributed by atoms with Crippen LogP contribution in [0.2, 0.25) is 0 Å². The smallest absolute Gasteiger partial charge is 0.407 e. The van der Waals surface area contributed by atoms with E-state index in [2.05, 4.69) is 22.9 Å². The molecule has 2 amide bonds. The highest BCUT2D eigenvalue weighted by Crippen LogP contribution is 2.44. The summed E-state index contributed by atoms with van der Waals surface area (Å²) in [7, 11) is 1.55. The molecule has 0 heterocycles. The number of rotatable bonds is 12. The summed E-state index contributed by atoms with van der Waals surface area (Å²) in [4.78, 5) is 41.9. The summed E-state index contributed by atoms with van der Waals surface area (Å²) in [6.07, 6.45) is 0.413. The number of benzene rings is 2. The van der Waals surface area contributed by atoms with Crippen molar-refractivity contribution in [1.82, 2.24) is 10.8 Å². The number of carbonyl (C=O) groups is 3. The predicted molar refractivity (Wildman–Crippen MR) is 126 cm³/mol. The number of aliphatic carboxylic acids is 1. The van der Waals surface area contributed by atoms with E-state index in [9.17, 15) is 19.5 Å². The molecule has 3 N–H and O–H groups in total. The van der Waals surface area contributed by atoms with E-state index in [1.165, 1.54) is 0 Å². The third kappa shape index (κ3) is 5.98. The Kier molecular flexibility index (Phi) is 7.99. The molecular formula is C26H30N2O7. The van der Waals surface area contributed by atoms with Crippen LogP contribution in [0.1, 0.15) is 42.7 Å². The number of ether oxygens (including phenoxy) is 2. The monoisotopic (exact) mass is 482 g/mol. The summed E-state index contributed by atoms with van der Waals surface area (Å²) in [5.41, 5.74) is 6.62. The van der Waals surface area contributed by atoms with Crippen molar-refractivity contribution in [2.45, 2.75) is 43.7 Å². The third-order valence-electron chi connectivity index (χ3n) is 6.37. The SMILES string of the molecule is COCCCC(NC(=O)OCC1c2ccccc2-c2ccccc21)C(=O)NOC(C(=O)O)C1CC1. The van der Waals surface area contributed by atoms with Crippen molar-refractivity contribution >= 4 is 18.0 Å². The number of carboxylic acid groups (broad SMARTS) is 1. The van der Waals surface area contributed by atoms with Crippen LogP contribution in [0.25, 0.3) is 11.1 Å². The second kappa shape index (κ2) is 11.3. The van der Waals surface area contributed by atoms with Crippen LogP contribution in [0.15, 0.2) is 48.5 Å². The molecule has 2 atom stereocenters. The van der Waals surface area contributed by atoms with Gasteiger partial charge in [-0.1, -0.05) is 48.5 Å². The number of alkyl carbamates (subject to hydrolysis) is 1. The largest absolute Gasteiger partial charge is 0.479 e. The number of hydrogen-bond acceptors (Lipinski definition) is 6. The Balaban J connectivity index is 1.36. The number of nitrogens with one attached hydrogen (secondary N) is 2. The van der Waals surface area contributed by atoms with Crippen LogP contribution >= 0.6 is 0 Å². The lowest BCUT2D eigenvalue weighted by Crippen LogP contribution is -2.48. The summed E-state index contributed by atoms with van der Waals surface area (Å²) in [6.45, 7) is 0.516. The van der Waals surface area contributed by atoms with Crippen molar-refractivity contribution in [1.29, 1.82) is 0 Å². The van der Waals surface area contributed by atoms with Crippen molar-refractivity contribution in [3.8, 4) is 11.1 Å². The molecule has 4 rings (SSSR count). The van der Waals surface area contributed by atoms with E-state index in [0.29, 0.717) is 13.0 Å². The molecule has 2 aliphatic carbocycles. The van der Waals surface area contributed by atoms with Crippen molar-refractivity contribution < 1.29 is 33.8 Å². The Morgan fingerprint density at radius 1 is 1.03 bits per heavy atom. The molecule has 1 fully saturated rings. The summed E-state index contributed by atoms with van der Waals surface area (Å²) in [6, 6.07) is 15.1. The van der Waals surface area contributed by atoms with E-state index in [4.69, 9.17) is 14.3 Å². The fraction of sp³-hybridized carbons (Fsp3) is 0.423. The Bertz CT molecular complexity index is 1020. The van der Waals surface area contributed by atoms with Crippen molar-refractivity contribution in [2.75, 3.05) is 20.3 Å². The number of carboxylic acids is 1. The van der Waals surface area contributed by atoms with Crippen molar-refractivity contribution in [2.24, 2.45) is 5.92 Å². The van der Waals surface area contributed by atoms with Crippen LogP contribution in [0, 0.1) is 5.92 Å². The van der Waals surface area contributed by atoms with Crippen LogP contribution in [-0.4, -0.2) is 55.5 Å². The van der Waals surface area contributed by atoms with Gasteiger partial charge in [-0.25, -0.2) is 15.1 Å². The van der Waals surface area contributed by atoms with Crippen LogP contribution in [0.5, 0.6) is 0 Å². The number of methoxy groups -OCH3 is 1. The first-order valence-corrected chi connectivity index (χ1v) is 11.8. The van der Waals surface area contributed by atoms with Gasteiger partial charge in [0, 0.05) is 19.6 Å². The van der Waals surface area contributed by atoms with Crippen LogP contribution in [0.4, 0.5) is 4.79 Å². The number of amides is 2. The Morgan fingerprint density at radius 3 is 2.23 bits per heavy atom. The van der Waals surface area contributed by atoms with Crippen LogP contribution in [0.3, 0.4) is 0 Å². The summed E-state index contributed by atoms with van der Waals surface area (Å²) in [5.74, 6) is -1.99. The molecule has 186 valence electrons. The lowest BCUT2D eigenvalue weighted by atomic mass is 9.98. The van der Waals surface area contributed by atoms with E-state index in [1.807, 2.05) is 36.4 Å². The quantitative estimate of drug-likeness (QED) is 0.313. The molecule has 0 aromatic heterocycles. The van der Waals surface area contributed by atoms with Gasteiger partial charge in [-0.2, -0.15) is 0 Å². The van der Waals surface area contributed by atoms with Crippen molar-refractivity contribution in [3.05, 3.63) is 59.7 Å². The Labute approximate surface area is 203 Å². The molecule has 1 saturated carbocycles. The normalized spacial score (nSPS) is 16.0. The van der Waals surface area contributed by atoms with E-state index >= 15 is 0 Å². The van der Waals surface area contributed by atoms with E-state index < -0.39 is 30.1 Å².